The molecule has 0 unspecified atom stereocenters. The number of nitrogens with zero attached hydrogens (tertiary/aromatic N) is 2. The molecule has 0 aromatic heterocycles. The molecule has 0 atom stereocenters. The molecule has 0 bridgehead atoms. The van der Waals surface area contributed by atoms with E-state index in [2.05, 4.69) is 10.2 Å². The summed E-state index contributed by atoms with van der Waals surface area (Å²) in [6.45, 7) is 3.49. The number of rotatable bonds is 10. The number of hydrogen-bond acceptors (Lipinski definition) is 4. The number of hydrogen-bond donors (Lipinski definition) is 1. The van der Waals surface area contributed by atoms with Gasteiger partial charge in [-0.05, 0) is 51.3 Å². The maximum Gasteiger partial charge on any atom is 0.226 e. The van der Waals surface area contributed by atoms with Gasteiger partial charge in [0.2, 0.25) is 11.8 Å². The zero-order chi connectivity index (χ0) is 20.4. The molecular formula is C22H29N3O3. The van der Waals surface area contributed by atoms with Crippen molar-refractivity contribution in [1.29, 1.82) is 0 Å². The maximum atomic E-state index is 12.4. The molecule has 0 spiro atoms. The standard InChI is InChI=1S/C22H29N3O3/c1-18(26)25(16-9-15-24(2)3)17-14-22(27)23-20-12-7-8-13-21(20)28-19-10-5-4-6-11-19/h4-8,10-13H,9,14-17H2,1-3H3,(H,23,27). The molecule has 6 nitrogen and oxygen atoms in total. The van der Waals surface area contributed by atoms with Crippen LogP contribution in [0.3, 0.4) is 0 Å². The summed E-state index contributed by atoms with van der Waals surface area (Å²) in [5.74, 6) is 1.12. The van der Waals surface area contributed by atoms with Crippen LogP contribution in [-0.2, 0) is 9.59 Å². The Hall–Kier alpha value is -2.86. The number of carbonyl (C=O) groups excluding carboxylic acids is 2. The molecule has 2 amide bonds. The van der Waals surface area contributed by atoms with Crippen LogP contribution in [0.25, 0.3) is 0 Å². The van der Waals surface area contributed by atoms with E-state index in [4.69, 9.17) is 4.74 Å². The largest absolute Gasteiger partial charge is 0.455 e. The minimum absolute atomic E-state index is 0.0145. The first-order valence-corrected chi connectivity index (χ1v) is 9.47. The lowest BCUT2D eigenvalue weighted by molar-refractivity contribution is -0.129. The summed E-state index contributed by atoms with van der Waals surface area (Å²) in [6.07, 6.45) is 1.11. The average Bonchev–Trinajstić information content (AvgIpc) is 2.66. The predicted octanol–water partition coefficient (Wildman–Crippen LogP) is 3.61. The van der Waals surface area contributed by atoms with Crippen LogP contribution >= 0.6 is 0 Å². The Morgan fingerprint density at radius 2 is 1.61 bits per heavy atom. The van der Waals surface area contributed by atoms with Crippen molar-refractivity contribution in [2.24, 2.45) is 0 Å². The van der Waals surface area contributed by atoms with Gasteiger partial charge in [0.05, 0.1) is 5.69 Å². The lowest BCUT2D eigenvalue weighted by Crippen LogP contribution is -2.34. The number of benzene rings is 2. The van der Waals surface area contributed by atoms with Crippen LogP contribution in [0.2, 0.25) is 0 Å². The van der Waals surface area contributed by atoms with Crippen molar-refractivity contribution in [3.05, 3.63) is 54.6 Å². The summed E-state index contributed by atoms with van der Waals surface area (Å²) in [7, 11) is 4.00. The number of amides is 2. The topological polar surface area (TPSA) is 61.9 Å². The van der Waals surface area contributed by atoms with E-state index in [1.54, 1.807) is 11.0 Å². The third kappa shape index (κ3) is 7.40. The van der Waals surface area contributed by atoms with Crippen LogP contribution in [0.1, 0.15) is 19.8 Å². The third-order valence-corrected chi connectivity index (χ3v) is 4.22. The van der Waals surface area contributed by atoms with Gasteiger partial charge in [-0.3, -0.25) is 9.59 Å². The Morgan fingerprint density at radius 1 is 0.929 bits per heavy atom. The zero-order valence-corrected chi connectivity index (χ0v) is 16.9. The summed E-state index contributed by atoms with van der Waals surface area (Å²) in [5.41, 5.74) is 0.610. The smallest absolute Gasteiger partial charge is 0.226 e. The van der Waals surface area contributed by atoms with E-state index in [9.17, 15) is 9.59 Å². The van der Waals surface area contributed by atoms with Gasteiger partial charge in [-0.15, -0.1) is 0 Å². The second-order valence-electron chi connectivity index (χ2n) is 6.87. The molecule has 150 valence electrons. The van der Waals surface area contributed by atoms with Crippen molar-refractivity contribution < 1.29 is 14.3 Å². The summed E-state index contributed by atoms with van der Waals surface area (Å²) >= 11 is 0. The first-order valence-electron chi connectivity index (χ1n) is 9.47. The van der Waals surface area contributed by atoms with Crippen molar-refractivity contribution in [2.75, 3.05) is 39.0 Å². The molecular weight excluding hydrogens is 354 g/mol. The number of nitrogens with one attached hydrogen (secondary N) is 1. The highest BCUT2D eigenvalue weighted by Gasteiger charge is 2.13. The fourth-order valence-electron chi connectivity index (χ4n) is 2.73. The average molecular weight is 383 g/mol. The molecule has 28 heavy (non-hydrogen) atoms. The molecule has 0 aliphatic heterocycles. The van der Waals surface area contributed by atoms with Gasteiger partial charge in [0.25, 0.3) is 0 Å². The summed E-state index contributed by atoms with van der Waals surface area (Å²) in [4.78, 5) is 28.0. The van der Waals surface area contributed by atoms with Gasteiger partial charge < -0.3 is 19.9 Å². The molecule has 1 N–H and O–H groups in total. The van der Waals surface area contributed by atoms with Crippen molar-refractivity contribution in [3.8, 4) is 11.5 Å². The van der Waals surface area contributed by atoms with Gasteiger partial charge in [-0.25, -0.2) is 0 Å². The van der Waals surface area contributed by atoms with E-state index in [0.717, 1.165) is 13.0 Å². The highest BCUT2D eigenvalue weighted by Crippen LogP contribution is 2.29. The Labute approximate surface area is 167 Å². The van der Waals surface area contributed by atoms with E-state index in [1.165, 1.54) is 6.92 Å². The fraction of sp³-hybridized carbons (Fsp3) is 0.364. The molecule has 0 saturated heterocycles. The zero-order valence-electron chi connectivity index (χ0n) is 16.9. The lowest BCUT2D eigenvalue weighted by atomic mass is 10.2. The second-order valence-corrected chi connectivity index (χ2v) is 6.87. The summed E-state index contributed by atoms with van der Waals surface area (Å²) < 4.78 is 5.87. The maximum absolute atomic E-state index is 12.4. The SMILES string of the molecule is CC(=O)N(CCCN(C)C)CCC(=O)Nc1ccccc1Oc1ccccc1. The quantitative estimate of drug-likeness (QED) is 0.681. The van der Waals surface area contributed by atoms with E-state index in [-0.39, 0.29) is 18.2 Å². The monoisotopic (exact) mass is 383 g/mol. The van der Waals surface area contributed by atoms with Crippen LogP contribution in [0.15, 0.2) is 54.6 Å². The Balaban J connectivity index is 1.91. The van der Waals surface area contributed by atoms with Crippen LogP contribution in [0.5, 0.6) is 11.5 Å². The molecule has 0 heterocycles. The molecule has 2 aromatic carbocycles. The predicted molar refractivity (Wildman–Crippen MR) is 112 cm³/mol. The van der Waals surface area contributed by atoms with Gasteiger partial charge >= 0.3 is 0 Å². The van der Waals surface area contributed by atoms with Crippen LogP contribution in [-0.4, -0.2) is 55.3 Å². The number of anilines is 1. The summed E-state index contributed by atoms with van der Waals surface area (Å²) in [6, 6.07) is 16.7. The Kier molecular flexibility index (Phi) is 8.49. The second kappa shape index (κ2) is 11.1. The molecule has 0 aliphatic carbocycles. The first-order chi connectivity index (χ1) is 13.5. The molecule has 2 aromatic rings. The third-order valence-electron chi connectivity index (χ3n) is 4.22. The van der Waals surface area contributed by atoms with Crippen molar-refractivity contribution >= 4 is 17.5 Å². The van der Waals surface area contributed by atoms with Crippen LogP contribution in [0.4, 0.5) is 5.69 Å². The van der Waals surface area contributed by atoms with Crippen molar-refractivity contribution in [2.45, 2.75) is 19.8 Å². The van der Waals surface area contributed by atoms with E-state index < -0.39 is 0 Å². The van der Waals surface area contributed by atoms with Crippen molar-refractivity contribution in [1.82, 2.24) is 9.80 Å². The Bertz CT molecular complexity index is 763. The van der Waals surface area contributed by atoms with Gasteiger partial charge in [0.15, 0.2) is 5.75 Å². The van der Waals surface area contributed by atoms with Gasteiger partial charge in [0.1, 0.15) is 5.75 Å². The molecule has 0 fully saturated rings. The molecule has 0 aliphatic rings. The van der Waals surface area contributed by atoms with Gasteiger partial charge in [-0.1, -0.05) is 30.3 Å². The number of ether oxygens (including phenoxy) is 1. The lowest BCUT2D eigenvalue weighted by Gasteiger charge is -2.22. The minimum Gasteiger partial charge on any atom is -0.455 e. The highest BCUT2D eigenvalue weighted by molar-refractivity contribution is 5.92. The van der Waals surface area contributed by atoms with E-state index >= 15 is 0 Å². The number of carbonyl (C=O) groups is 2. The number of para-hydroxylation sites is 3. The first kappa shape index (κ1) is 21.4. The van der Waals surface area contributed by atoms with Crippen LogP contribution < -0.4 is 10.1 Å². The molecule has 6 heteroatoms. The normalized spacial score (nSPS) is 10.6. The van der Waals surface area contributed by atoms with E-state index in [1.807, 2.05) is 62.6 Å². The van der Waals surface area contributed by atoms with Crippen molar-refractivity contribution in [3.63, 3.8) is 0 Å². The highest BCUT2D eigenvalue weighted by atomic mass is 16.5. The van der Waals surface area contributed by atoms with Gasteiger partial charge in [-0.2, -0.15) is 0 Å². The fourth-order valence-corrected chi connectivity index (χ4v) is 2.73. The minimum atomic E-state index is -0.150. The molecule has 2 rings (SSSR count). The van der Waals surface area contributed by atoms with E-state index in [0.29, 0.717) is 30.3 Å². The summed E-state index contributed by atoms with van der Waals surface area (Å²) in [5, 5.41) is 2.89. The Morgan fingerprint density at radius 3 is 2.29 bits per heavy atom. The van der Waals surface area contributed by atoms with Gasteiger partial charge in [0, 0.05) is 26.4 Å². The van der Waals surface area contributed by atoms with Crippen LogP contribution in [0, 0.1) is 0 Å². The molecule has 0 saturated carbocycles. The molecule has 0 radical (unpaired) electrons.